The van der Waals surface area contributed by atoms with Crippen LogP contribution in [0.2, 0.25) is 5.02 Å². The number of nitro benzene ring substituents is 1. The van der Waals surface area contributed by atoms with Gasteiger partial charge in [0.15, 0.2) is 13.2 Å². The Hall–Kier alpha value is -3.13. The Morgan fingerprint density at radius 3 is 2.59 bits per heavy atom. The van der Waals surface area contributed by atoms with Gasteiger partial charge >= 0.3 is 5.97 Å². The van der Waals surface area contributed by atoms with Gasteiger partial charge < -0.3 is 14.8 Å². The van der Waals surface area contributed by atoms with Crippen molar-refractivity contribution in [1.29, 1.82) is 0 Å². The lowest BCUT2D eigenvalue weighted by molar-refractivity contribution is -0.384. The maximum Gasteiger partial charge on any atom is 0.344 e. The number of aryl methyl sites for hydroxylation is 1. The van der Waals surface area contributed by atoms with E-state index in [-0.39, 0.29) is 23.0 Å². The molecular weight excluding hydrogens is 376 g/mol. The van der Waals surface area contributed by atoms with Gasteiger partial charge in [-0.25, -0.2) is 4.79 Å². The van der Waals surface area contributed by atoms with E-state index in [1.54, 1.807) is 6.07 Å². The van der Waals surface area contributed by atoms with Crippen molar-refractivity contribution in [2.45, 2.75) is 13.8 Å². The number of anilines is 1. The summed E-state index contributed by atoms with van der Waals surface area (Å²) in [6.07, 6.45) is 0. The van der Waals surface area contributed by atoms with E-state index in [0.717, 1.165) is 17.2 Å². The summed E-state index contributed by atoms with van der Waals surface area (Å²) in [4.78, 5) is 33.6. The average Bonchev–Trinajstić information content (AvgIpc) is 2.62. The van der Waals surface area contributed by atoms with E-state index >= 15 is 0 Å². The van der Waals surface area contributed by atoms with Gasteiger partial charge in [0.05, 0.1) is 15.6 Å². The fraction of sp³-hybridized carbons (Fsp3) is 0.222. The number of rotatable bonds is 7. The van der Waals surface area contributed by atoms with E-state index < -0.39 is 23.4 Å². The molecule has 2 aromatic carbocycles. The van der Waals surface area contributed by atoms with E-state index in [4.69, 9.17) is 21.1 Å². The van der Waals surface area contributed by atoms with Crippen LogP contribution in [0.1, 0.15) is 11.1 Å². The van der Waals surface area contributed by atoms with E-state index in [1.807, 2.05) is 26.0 Å². The summed E-state index contributed by atoms with van der Waals surface area (Å²) in [6.45, 7) is 2.92. The Morgan fingerprint density at radius 2 is 1.93 bits per heavy atom. The van der Waals surface area contributed by atoms with Crippen molar-refractivity contribution < 1.29 is 24.0 Å². The van der Waals surface area contributed by atoms with Crippen LogP contribution in [0.5, 0.6) is 5.75 Å². The summed E-state index contributed by atoms with van der Waals surface area (Å²) in [5.41, 5.74) is 1.92. The molecule has 0 heterocycles. The molecule has 0 aliphatic heterocycles. The van der Waals surface area contributed by atoms with Crippen molar-refractivity contribution in [3.8, 4) is 5.75 Å². The van der Waals surface area contributed by atoms with Crippen molar-refractivity contribution in [3.05, 3.63) is 62.7 Å². The highest BCUT2D eigenvalue weighted by atomic mass is 35.5. The Labute approximate surface area is 160 Å². The number of hydrogen-bond donors (Lipinski definition) is 1. The highest BCUT2D eigenvalue weighted by Gasteiger charge is 2.13. The molecule has 8 nitrogen and oxygen atoms in total. The Kier molecular flexibility index (Phi) is 6.73. The third kappa shape index (κ3) is 5.68. The first-order valence-electron chi connectivity index (χ1n) is 7.86. The van der Waals surface area contributed by atoms with Gasteiger partial charge in [0.1, 0.15) is 5.75 Å². The van der Waals surface area contributed by atoms with Crippen molar-refractivity contribution in [2.24, 2.45) is 0 Å². The van der Waals surface area contributed by atoms with Gasteiger partial charge in [0.25, 0.3) is 11.6 Å². The standard InChI is InChI=1S/C18H17ClN2O6/c1-11-4-3-5-16(12(11)2)26-10-18(23)27-9-17(22)20-15-7-6-13(21(24)25)8-14(15)19/h3-8H,9-10H2,1-2H3,(H,20,22). The molecule has 0 aliphatic carbocycles. The van der Waals surface area contributed by atoms with Gasteiger partial charge in [-0.2, -0.15) is 0 Å². The molecule has 0 saturated carbocycles. The van der Waals surface area contributed by atoms with Crippen molar-refractivity contribution in [2.75, 3.05) is 18.5 Å². The van der Waals surface area contributed by atoms with Crippen molar-refractivity contribution >= 4 is 34.9 Å². The van der Waals surface area contributed by atoms with Gasteiger partial charge in [0, 0.05) is 12.1 Å². The quantitative estimate of drug-likeness (QED) is 0.439. The fourth-order valence-electron chi connectivity index (χ4n) is 2.11. The molecule has 27 heavy (non-hydrogen) atoms. The van der Waals surface area contributed by atoms with E-state index in [9.17, 15) is 19.7 Å². The minimum absolute atomic E-state index is 0.00197. The molecule has 0 saturated heterocycles. The van der Waals surface area contributed by atoms with Gasteiger partial charge in [-0.05, 0) is 37.1 Å². The number of ether oxygens (including phenoxy) is 2. The topological polar surface area (TPSA) is 108 Å². The number of nitro groups is 1. The fourth-order valence-corrected chi connectivity index (χ4v) is 2.33. The number of nitrogens with zero attached hydrogens (tertiary/aromatic N) is 1. The van der Waals surface area contributed by atoms with Gasteiger partial charge in [-0.15, -0.1) is 0 Å². The molecule has 9 heteroatoms. The van der Waals surface area contributed by atoms with Crippen LogP contribution in [-0.2, 0) is 14.3 Å². The number of benzene rings is 2. The Balaban J connectivity index is 1.82. The third-order valence-corrected chi connectivity index (χ3v) is 4.01. The van der Waals surface area contributed by atoms with Crippen LogP contribution >= 0.6 is 11.6 Å². The summed E-state index contributed by atoms with van der Waals surface area (Å²) >= 11 is 5.88. The first-order valence-corrected chi connectivity index (χ1v) is 8.24. The molecule has 2 aromatic rings. The molecule has 2 rings (SSSR count). The zero-order chi connectivity index (χ0) is 20.0. The smallest absolute Gasteiger partial charge is 0.344 e. The van der Waals surface area contributed by atoms with Crippen molar-refractivity contribution in [3.63, 3.8) is 0 Å². The van der Waals surface area contributed by atoms with Crippen molar-refractivity contribution in [1.82, 2.24) is 0 Å². The zero-order valence-electron chi connectivity index (χ0n) is 14.7. The molecule has 1 amide bonds. The van der Waals surface area contributed by atoms with E-state index in [0.29, 0.717) is 5.75 Å². The van der Waals surface area contributed by atoms with Gasteiger partial charge in [-0.3, -0.25) is 14.9 Å². The van der Waals surface area contributed by atoms with Crippen LogP contribution in [0, 0.1) is 24.0 Å². The minimum Gasteiger partial charge on any atom is -0.482 e. The second-order valence-corrected chi connectivity index (χ2v) is 6.02. The van der Waals surface area contributed by atoms with E-state index in [2.05, 4.69) is 5.32 Å². The SMILES string of the molecule is Cc1cccc(OCC(=O)OCC(=O)Nc2ccc([N+](=O)[O-])cc2Cl)c1C. The molecular formula is C18H17ClN2O6. The Bertz CT molecular complexity index is 884. The number of nitrogens with one attached hydrogen (secondary N) is 1. The Morgan fingerprint density at radius 1 is 1.19 bits per heavy atom. The lowest BCUT2D eigenvalue weighted by atomic mass is 10.1. The number of carbonyl (C=O) groups is 2. The molecule has 0 bridgehead atoms. The maximum atomic E-state index is 11.8. The second kappa shape index (κ2) is 9.00. The maximum absolute atomic E-state index is 11.8. The van der Waals surface area contributed by atoms with Crippen LogP contribution in [0.15, 0.2) is 36.4 Å². The molecule has 0 radical (unpaired) electrons. The lowest BCUT2D eigenvalue weighted by Gasteiger charge is -2.11. The predicted molar refractivity (Wildman–Crippen MR) is 99.1 cm³/mol. The number of amides is 1. The molecule has 142 valence electrons. The molecule has 0 spiro atoms. The second-order valence-electron chi connectivity index (χ2n) is 5.62. The lowest BCUT2D eigenvalue weighted by Crippen LogP contribution is -2.23. The highest BCUT2D eigenvalue weighted by Crippen LogP contribution is 2.26. The number of carbonyl (C=O) groups excluding carboxylic acids is 2. The summed E-state index contributed by atoms with van der Waals surface area (Å²) < 4.78 is 10.2. The van der Waals surface area contributed by atoms with Gasteiger partial charge in [-0.1, -0.05) is 23.7 Å². The monoisotopic (exact) mass is 392 g/mol. The summed E-state index contributed by atoms with van der Waals surface area (Å²) in [5.74, 6) is -0.777. The number of halogens is 1. The largest absolute Gasteiger partial charge is 0.482 e. The van der Waals surface area contributed by atoms with Gasteiger partial charge in [0.2, 0.25) is 0 Å². The first-order chi connectivity index (χ1) is 12.8. The normalized spacial score (nSPS) is 10.2. The predicted octanol–water partition coefficient (Wildman–Crippen LogP) is 3.43. The van der Waals surface area contributed by atoms with Crippen LogP contribution in [-0.4, -0.2) is 30.0 Å². The molecule has 0 fully saturated rings. The molecule has 0 atom stereocenters. The molecule has 0 aromatic heterocycles. The number of hydrogen-bond acceptors (Lipinski definition) is 6. The van der Waals surface area contributed by atoms with Crippen LogP contribution < -0.4 is 10.1 Å². The average molecular weight is 393 g/mol. The summed E-state index contributed by atoms with van der Waals surface area (Å²) in [7, 11) is 0. The first kappa shape index (κ1) is 20.2. The van der Waals surface area contributed by atoms with E-state index in [1.165, 1.54) is 12.1 Å². The minimum atomic E-state index is -0.708. The number of esters is 1. The van der Waals surface area contributed by atoms with Crippen LogP contribution in [0.4, 0.5) is 11.4 Å². The zero-order valence-corrected chi connectivity index (χ0v) is 15.4. The third-order valence-electron chi connectivity index (χ3n) is 3.70. The highest BCUT2D eigenvalue weighted by molar-refractivity contribution is 6.34. The number of non-ortho nitro benzene ring substituents is 1. The molecule has 1 N–H and O–H groups in total. The summed E-state index contributed by atoms with van der Waals surface area (Å²) in [5, 5.41) is 13.1. The molecule has 0 unspecified atom stereocenters. The molecule has 0 aliphatic rings. The summed E-state index contributed by atoms with van der Waals surface area (Å²) in [6, 6.07) is 9.08. The van der Waals surface area contributed by atoms with Crippen LogP contribution in [0.25, 0.3) is 0 Å². The van der Waals surface area contributed by atoms with Crippen LogP contribution in [0.3, 0.4) is 0 Å².